The van der Waals surface area contributed by atoms with E-state index in [1.165, 1.54) is 16.7 Å². The lowest BCUT2D eigenvalue weighted by Crippen LogP contribution is -2.01. The Morgan fingerprint density at radius 2 is 1.79 bits per heavy atom. The normalized spacial score (nSPS) is 10.8. The van der Waals surface area contributed by atoms with Crippen molar-refractivity contribution in [2.24, 2.45) is 0 Å². The first-order valence-corrected chi connectivity index (χ1v) is 8.20. The predicted molar refractivity (Wildman–Crippen MR) is 97.0 cm³/mol. The van der Waals surface area contributed by atoms with Gasteiger partial charge >= 0.3 is 5.97 Å². The summed E-state index contributed by atoms with van der Waals surface area (Å²) >= 11 is 0. The van der Waals surface area contributed by atoms with Crippen molar-refractivity contribution in [2.75, 3.05) is 6.61 Å². The van der Waals surface area contributed by atoms with E-state index in [2.05, 4.69) is 32.0 Å². The quantitative estimate of drug-likeness (QED) is 0.683. The number of esters is 1. The van der Waals surface area contributed by atoms with Gasteiger partial charge in [-0.05, 0) is 55.2 Å². The molecule has 2 rings (SSSR count). The molecule has 0 bridgehead atoms. The number of rotatable bonds is 7. The summed E-state index contributed by atoms with van der Waals surface area (Å²) in [5.41, 5.74) is 4.69. The lowest BCUT2D eigenvalue weighted by Gasteiger charge is -2.11. The average Bonchev–Trinajstić information content (AvgIpc) is 2.55. The maximum atomic E-state index is 11.3. The molecule has 0 aromatic heterocycles. The van der Waals surface area contributed by atoms with Gasteiger partial charge in [0.2, 0.25) is 0 Å². The fourth-order valence-corrected chi connectivity index (χ4v) is 2.45. The van der Waals surface area contributed by atoms with Gasteiger partial charge in [-0.15, -0.1) is 0 Å². The molecular weight excluding hydrogens is 300 g/mol. The zero-order valence-corrected chi connectivity index (χ0v) is 14.5. The van der Waals surface area contributed by atoms with Crippen LogP contribution in [0.5, 0.6) is 5.75 Å². The third kappa shape index (κ3) is 5.27. The first kappa shape index (κ1) is 17.8. The summed E-state index contributed by atoms with van der Waals surface area (Å²) in [5.74, 6) is 0.604. The molecule has 0 atom stereocenters. The zero-order valence-electron chi connectivity index (χ0n) is 14.5. The lowest BCUT2D eigenvalue weighted by atomic mass is 10.0. The SMILES string of the molecule is CCOC(=O)CC=Cc1cccc(OCc2c(C)cccc2C)c1. The van der Waals surface area contributed by atoms with E-state index in [0.717, 1.165) is 11.3 Å². The van der Waals surface area contributed by atoms with E-state index in [0.29, 0.717) is 13.2 Å². The fraction of sp³-hybridized carbons (Fsp3) is 0.286. The Morgan fingerprint density at radius 3 is 2.50 bits per heavy atom. The third-order valence-electron chi connectivity index (χ3n) is 3.79. The van der Waals surface area contributed by atoms with E-state index in [1.807, 2.05) is 36.4 Å². The number of carbonyl (C=O) groups is 1. The largest absolute Gasteiger partial charge is 0.489 e. The molecule has 3 heteroatoms. The van der Waals surface area contributed by atoms with Crippen molar-refractivity contribution in [2.45, 2.75) is 33.8 Å². The minimum atomic E-state index is -0.212. The minimum absolute atomic E-state index is 0.212. The summed E-state index contributed by atoms with van der Waals surface area (Å²) in [6.45, 7) is 6.96. The van der Waals surface area contributed by atoms with Crippen molar-refractivity contribution in [1.82, 2.24) is 0 Å². The van der Waals surface area contributed by atoms with Gasteiger partial charge in [0.1, 0.15) is 12.4 Å². The van der Waals surface area contributed by atoms with Crippen LogP contribution in [0, 0.1) is 13.8 Å². The van der Waals surface area contributed by atoms with Crippen LogP contribution in [0.3, 0.4) is 0 Å². The molecule has 3 nitrogen and oxygen atoms in total. The Balaban J connectivity index is 1.98. The molecule has 0 aliphatic carbocycles. The third-order valence-corrected chi connectivity index (χ3v) is 3.79. The Hall–Kier alpha value is -2.55. The first-order valence-electron chi connectivity index (χ1n) is 8.20. The second-order valence-corrected chi connectivity index (χ2v) is 5.64. The van der Waals surface area contributed by atoms with Gasteiger partial charge in [-0.2, -0.15) is 0 Å². The van der Waals surface area contributed by atoms with Gasteiger partial charge < -0.3 is 9.47 Å². The molecule has 2 aromatic rings. The highest BCUT2D eigenvalue weighted by molar-refractivity contribution is 5.72. The Morgan fingerprint density at radius 1 is 1.08 bits per heavy atom. The van der Waals surface area contributed by atoms with E-state index in [4.69, 9.17) is 9.47 Å². The molecule has 0 unspecified atom stereocenters. The number of ether oxygens (including phenoxy) is 2. The Labute approximate surface area is 143 Å². The standard InChI is InChI=1S/C21H24O3/c1-4-23-21(22)13-7-11-18-10-6-12-19(14-18)24-15-20-16(2)8-5-9-17(20)3/h5-12,14H,4,13,15H2,1-3H3. The van der Waals surface area contributed by atoms with Crippen molar-refractivity contribution >= 4 is 12.0 Å². The number of benzene rings is 2. The molecule has 2 aromatic carbocycles. The number of hydrogen-bond donors (Lipinski definition) is 0. The van der Waals surface area contributed by atoms with Crippen LogP contribution >= 0.6 is 0 Å². The first-order chi connectivity index (χ1) is 11.6. The van der Waals surface area contributed by atoms with Crippen LogP contribution in [0.1, 0.15) is 35.6 Å². The van der Waals surface area contributed by atoms with Crippen LogP contribution < -0.4 is 4.74 Å². The van der Waals surface area contributed by atoms with Crippen molar-refractivity contribution in [1.29, 1.82) is 0 Å². The average molecular weight is 324 g/mol. The van der Waals surface area contributed by atoms with Crippen molar-refractivity contribution in [3.63, 3.8) is 0 Å². The summed E-state index contributed by atoms with van der Waals surface area (Å²) in [5, 5.41) is 0. The monoisotopic (exact) mass is 324 g/mol. The van der Waals surface area contributed by atoms with E-state index < -0.39 is 0 Å². The number of carbonyl (C=O) groups excluding carboxylic acids is 1. The van der Waals surface area contributed by atoms with Crippen LogP contribution in [0.2, 0.25) is 0 Å². The zero-order chi connectivity index (χ0) is 17.4. The number of aryl methyl sites for hydroxylation is 2. The highest BCUT2D eigenvalue weighted by Gasteiger charge is 2.03. The van der Waals surface area contributed by atoms with Crippen LogP contribution in [-0.4, -0.2) is 12.6 Å². The molecule has 0 aliphatic heterocycles. The van der Waals surface area contributed by atoms with Crippen LogP contribution in [-0.2, 0) is 16.1 Å². The summed E-state index contributed by atoms with van der Waals surface area (Å²) in [7, 11) is 0. The molecule has 126 valence electrons. The molecule has 0 saturated heterocycles. The Kier molecular flexibility index (Phi) is 6.62. The second kappa shape index (κ2) is 8.92. The minimum Gasteiger partial charge on any atom is -0.489 e. The van der Waals surface area contributed by atoms with Gasteiger partial charge in [0.15, 0.2) is 0 Å². The summed E-state index contributed by atoms with van der Waals surface area (Å²) in [6.07, 6.45) is 3.99. The van der Waals surface area contributed by atoms with E-state index in [9.17, 15) is 4.79 Å². The molecule has 0 spiro atoms. The van der Waals surface area contributed by atoms with Gasteiger partial charge in [0.25, 0.3) is 0 Å². The second-order valence-electron chi connectivity index (χ2n) is 5.64. The molecule has 0 fully saturated rings. The summed E-state index contributed by atoms with van der Waals surface area (Å²) in [6, 6.07) is 14.1. The van der Waals surface area contributed by atoms with Crippen molar-refractivity contribution < 1.29 is 14.3 Å². The van der Waals surface area contributed by atoms with E-state index in [1.54, 1.807) is 6.92 Å². The predicted octanol–water partition coefficient (Wildman–Crippen LogP) is 4.85. The highest BCUT2D eigenvalue weighted by atomic mass is 16.5. The topological polar surface area (TPSA) is 35.5 Å². The molecule has 0 radical (unpaired) electrons. The van der Waals surface area contributed by atoms with E-state index in [-0.39, 0.29) is 12.4 Å². The maximum Gasteiger partial charge on any atom is 0.309 e. The van der Waals surface area contributed by atoms with E-state index >= 15 is 0 Å². The smallest absolute Gasteiger partial charge is 0.309 e. The van der Waals surface area contributed by atoms with Crippen LogP contribution in [0.15, 0.2) is 48.5 Å². The van der Waals surface area contributed by atoms with Crippen molar-refractivity contribution in [3.8, 4) is 5.75 Å². The van der Waals surface area contributed by atoms with Gasteiger partial charge in [-0.1, -0.05) is 42.5 Å². The molecule has 24 heavy (non-hydrogen) atoms. The molecule has 0 aliphatic rings. The molecular formula is C21H24O3. The van der Waals surface area contributed by atoms with Gasteiger partial charge in [0, 0.05) is 0 Å². The number of hydrogen-bond acceptors (Lipinski definition) is 3. The maximum absolute atomic E-state index is 11.3. The van der Waals surface area contributed by atoms with Gasteiger partial charge in [-0.3, -0.25) is 4.79 Å². The molecule has 0 amide bonds. The van der Waals surface area contributed by atoms with Crippen LogP contribution in [0.4, 0.5) is 0 Å². The van der Waals surface area contributed by atoms with Gasteiger partial charge in [-0.25, -0.2) is 0 Å². The summed E-state index contributed by atoms with van der Waals surface area (Å²) < 4.78 is 10.8. The highest BCUT2D eigenvalue weighted by Crippen LogP contribution is 2.19. The summed E-state index contributed by atoms with van der Waals surface area (Å²) in [4.78, 5) is 11.3. The Bertz CT molecular complexity index is 697. The molecule has 0 N–H and O–H groups in total. The molecule has 0 saturated carbocycles. The van der Waals surface area contributed by atoms with Crippen LogP contribution in [0.25, 0.3) is 6.08 Å². The van der Waals surface area contributed by atoms with Gasteiger partial charge in [0.05, 0.1) is 13.0 Å². The molecule has 0 heterocycles. The fourth-order valence-electron chi connectivity index (χ4n) is 2.45. The van der Waals surface area contributed by atoms with Crippen molar-refractivity contribution in [3.05, 3.63) is 70.8 Å². The lowest BCUT2D eigenvalue weighted by molar-refractivity contribution is -0.142.